The average Bonchev–Trinajstić information content (AvgIpc) is 3.92. The third-order valence-corrected chi connectivity index (χ3v) is 14.0. The van der Waals surface area contributed by atoms with Gasteiger partial charge in [-0.25, -0.2) is 0 Å². The summed E-state index contributed by atoms with van der Waals surface area (Å²) in [4.78, 5) is 72.7. The first-order valence-electron chi connectivity index (χ1n) is 23.4. The fourth-order valence-electron chi connectivity index (χ4n) is 9.35. The molecule has 19 heteroatoms. The zero-order valence-electron chi connectivity index (χ0n) is 41.1. The molecule has 2 aromatic carbocycles. The van der Waals surface area contributed by atoms with Crippen LogP contribution in [0, 0.1) is 30.6 Å². The number of halogens is 1. The lowest BCUT2D eigenvalue weighted by atomic mass is 9.78. The molecule has 8 rings (SSSR count). The molecule has 1 aromatic heterocycles. The quantitative estimate of drug-likeness (QED) is 0.154. The van der Waals surface area contributed by atoms with E-state index in [-0.39, 0.29) is 28.0 Å². The monoisotopic (exact) mass is 997 g/mol. The van der Waals surface area contributed by atoms with E-state index < -0.39 is 106 Å². The second-order valence-electron chi connectivity index (χ2n) is 18.7. The lowest BCUT2D eigenvalue weighted by Crippen LogP contribution is -2.46. The SMILES string of the molecule is CO[C@H]1/C=C/O[C@@]2(C)Oc3c(C)c(O)c4c(c3C2=O)C(=O)C(/C=N/N2CCN(Cc3cc(-c5ccc(Cl)cc5)no3)CC2)=C(NC(=O)/C(C)=C\C=C\[C@H](C)[C@H](O)[C@@H](C)[C@@H](O)[C@@H](C)[C@H](OC(C)=O)[C@@H]1C)C4=O. The van der Waals surface area contributed by atoms with Crippen molar-refractivity contribution in [3.05, 3.63) is 111 Å². The van der Waals surface area contributed by atoms with Gasteiger partial charge in [0, 0.05) is 98.6 Å². The first-order valence-corrected chi connectivity index (χ1v) is 23.8. The van der Waals surface area contributed by atoms with Crippen molar-refractivity contribution in [3.63, 3.8) is 0 Å². The van der Waals surface area contributed by atoms with Crippen LogP contribution in [-0.2, 0) is 30.3 Å². The highest BCUT2D eigenvalue weighted by Gasteiger charge is 2.52. The van der Waals surface area contributed by atoms with E-state index in [4.69, 9.17) is 35.1 Å². The number of ketones is 3. The van der Waals surface area contributed by atoms with Gasteiger partial charge in [0.2, 0.25) is 5.78 Å². The number of nitrogens with one attached hydrogen (secondary N) is 1. The maximum absolute atomic E-state index is 14.9. The Hall–Kier alpha value is -6.44. The topological polar surface area (TPSA) is 240 Å². The molecule has 5 aliphatic rings. The number of benzene rings is 2. The van der Waals surface area contributed by atoms with Crippen molar-refractivity contribution in [3.8, 4) is 22.8 Å². The number of esters is 1. The maximum Gasteiger partial charge on any atom is 0.312 e. The molecule has 378 valence electrons. The van der Waals surface area contributed by atoms with Gasteiger partial charge in [0.05, 0.1) is 59.6 Å². The number of allylic oxidation sites excluding steroid dienone is 4. The standard InChI is InChI=1S/C52H60ClN5O13/c1-26-11-10-12-27(2)51(66)55-42-36(24-54-58-20-18-57(19-21-58)25-35-23-37(56-71-35)33-13-15-34(53)16-14-33)46(63)39-40(47(42)64)45(62)31(6)49-41(39)50(65)52(8,70-49)68-22-17-38(67-9)28(3)48(69-32(7)59)30(5)44(61)29(4)43(26)60/h10-17,22-24,26,28-30,38,43-44,48,60-62H,18-21,25H2,1-9H3,(H,55,66)/b11-10+,22-17+,27-12-,54-24+/t26-,28+,29+,30+,38-,43-,44+,48+,52-/m0/s1. The number of aliphatic hydroxyl groups excluding tert-OH is 2. The molecule has 1 saturated heterocycles. The van der Waals surface area contributed by atoms with Crippen molar-refractivity contribution in [1.82, 2.24) is 20.4 Å². The van der Waals surface area contributed by atoms with Crippen LogP contribution in [0.5, 0.6) is 11.5 Å². The van der Waals surface area contributed by atoms with E-state index in [0.29, 0.717) is 49.2 Å². The summed E-state index contributed by atoms with van der Waals surface area (Å²) in [6.45, 7) is 14.7. The number of amides is 1. The number of nitrogens with zero attached hydrogens (tertiary/aromatic N) is 4. The summed E-state index contributed by atoms with van der Waals surface area (Å²) in [5, 5.41) is 48.4. The van der Waals surface area contributed by atoms with E-state index in [0.717, 1.165) is 5.56 Å². The van der Waals surface area contributed by atoms with Crippen LogP contribution in [-0.4, -0.2) is 129 Å². The van der Waals surface area contributed by atoms with Crippen LogP contribution < -0.4 is 10.1 Å². The number of phenols is 1. The van der Waals surface area contributed by atoms with Gasteiger partial charge in [-0.1, -0.05) is 74.8 Å². The molecule has 0 spiro atoms. The first kappa shape index (κ1) is 52.4. The highest BCUT2D eigenvalue weighted by molar-refractivity contribution is 6.38. The Labute approximate surface area is 416 Å². The molecule has 0 radical (unpaired) electrons. The number of Topliss-reactive ketones (excluding diaryl/α,β-unsaturated/α-hetero) is 3. The summed E-state index contributed by atoms with van der Waals surface area (Å²) in [5.74, 6) is -8.99. The molecule has 1 aliphatic carbocycles. The van der Waals surface area contributed by atoms with Gasteiger partial charge < -0.3 is 44.1 Å². The van der Waals surface area contributed by atoms with Gasteiger partial charge in [-0.05, 0) is 32.1 Å². The number of carbonyl (C=O) groups is 5. The summed E-state index contributed by atoms with van der Waals surface area (Å²) >= 11 is 6.05. The number of carbonyl (C=O) groups excluding carboxylic acids is 5. The van der Waals surface area contributed by atoms with Crippen LogP contribution in [0.15, 0.2) is 87.4 Å². The number of ether oxygens (including phenoxy) is 4. The first-order chi connectivity index (χ1) is 33.6. The van der Waals surface area contributed by atoms with Crippen molar-refractivity contribution in [2.75, 3.05) is 33.3 Å². The van der Waals surface area contributed by atoms with Gasteiger partial charge in [0.1, 0.15) is 29.0 Å². The maximum atomic E-state index is 14.9. The summed E-state index contributed by atoms with van der Waals surface area (Å²) in [6.07, 6.45) is 4.43. The number of aliphatic hydroxyl groups is 2. The number of hydrogen-bond donors (Lipinski definition) is 4. The van der Waals surface area contributed by atoms with Gasteiger partial charge in [-0.2, -0.15) is 5.10 Å². The zero-order chi connectivity index (χ0) is 51.6. The van der Waals surface area contributed by atoms with E-state index in [1.165, 1.54) is 59.4 Å². The molecule has 1 fully saturated rings. The molecule has 4 aliphatic heterocycles. The Morgan fingerprint density at radius 3 is 2.31 bits per heavy atom. The minimum absolute atomic E-state index is 0.0332. The number of aromatic hydroxyl groups is 1. The van der Waals surface area contributed by atoms with E-state index in [1.54, 1.807) is 57.0 Å². The summed E-state index contributed by atoms with van der Waals surface area (Å²) in [7, 11) is 1.42. The molecule has 3 aromatic rings. The Balaban J connectivity index is 1.23. The lowest BCUT2D eigenvalue weighted by Gasteiger charge is -2.38. The normalized spacial score (nSPS) is 29.6. The van der Waals surface area contributed by atoms with Crippen molar-refractivity contribution in [1.29, 1.82) is 0 Å². The molecular formula is C52H60ClN5O13. The summed E-state index contributed by atoms with van der Waals surface area (Å²) < 4.78 is 29.3. The van der Waals surface area contributed by atoms with Crippen LogP contribution in [0.25, 0.3) is 11.3 Å². The van der Waals surface area contributed by atoms with Gasteiger partial charge in [-0.15, -0.1) is 0 Å². The number of phenolic OH excluding ortho intramolecular Hbond substituents is 1. The average molecular weight is 999 g/mol. The van der Waals surface area contributed by atoms with E-state index in [9.17, 15) is 39.3 Å². The van der Waals surface area contributed by atoms with Gasteiger partial charge in [0.25, 0.3) is 11.7 Å². The molecule has 9 atom stereocenters. The molecular weight excluding hydrogens is 938 g/mol. The predicted octanol–water partition coefficient (Wildman–Crippen LogP) is 6.11. The molecule has 0 unspecified atom stereocenters. The number of piperazine rings is 1. The van der Waals surface area contributed by atoms with Crippen LogP contribution >= 0.6 is 11.6 Å². The van der Waals surface area contributed by atoms with E-state index >= 15 is 0 Å². The van der Waals surface area contributed by atoms with Gasteiger partial charge in [-0.3, -0.25) is 33.9 Å². The Bertz CT molecular complexity index is 2740. The number of rotatable bonds is 7. The minimum Gasteiger partial charge on any atom is -0.507 e. The number of hydrazone groups is 1. The third kappa shape index (κ3) is 10.8. The van der Waals surface area contributed by atoms with Gasteiger partial charge >= 0.3 is 11.8 Å². The molecule has 5 heterocycles. The highest BCUT2D eigenvalue weighted by Crippen LogP contribution is 2.48. The van der Waals surface area contributed by atoms with Gasteiger partial charge in [0.15, 0.2) is 11.5 Å². The van der Waals surface area contributed by atoms with Crippen LogP contribution in [0.3, 0.4) is 0 Å². The fraction of sp³-hybridized carbons (Fsp3) is 0.442. The highest BCUT2D eigenvalue weighted by atomic mass is 35.5. The van der Waals surface area contributed by atoms with Crippen molar-refractivity contribution in [2.45, 2.75) is 92.1 Å². The molecule has 71 heavy (non-hydrogen) atoms. The van der Waals surface area contributed by atoms with Crippen LogP contribution in [0.1, 0.15) is 90.9 Å². The van der Waals surface area contributed by atoms with Crippen molar-refractivity contribution in [2.24, 2.45) is 28.8 Å². The summed E-state index contributed by atoms with van der Waals surface area (Å²) in [5.41, 5.74) is -0.491. The minimum atomic E-state index is -2.13. The largest absolute Gasteiger partial charge is 0.507 e. The van der Waals surface area contributed by atoms with Crippen LogP contribution in [0.2, 0.25) is 5.02 Å². The fourth-order valence-corrected chi connectivity index (χ4v) is 9.48. The number of fused-ring (bicyclic) bond motifs is 14. The van der Waals surface area contributed by atoms with Crippen molar-refractivity contribution >= 4 is 47.0 Å². The Morgan fingerprint density at radius 1 is 0.958 bits per heavy atom. The molecule has 18 nitrogen and oxygen atoms in total. The smallest absolute Gasteiger partial charge is 0.312 e. The molecule has 1 amide bonds. The van der Waals surface area contributed by atoms with Crippen LogP contribution in [0.4, 0.5) is 0 Å². The number of aromatic nitrogens is 1. The summed E-state index contributed by atoms with van der Waals surface area (Å²) in [6, 6.07) is 9.13. The predicted molar refractivity (Wildman–Crippen MR) is 260 cm³/mol. The van der Waals surface area contributed by atoms with Crippen molar-refractivity contribution < 1.29 is 62.8 Å². The lowest BCUT2D eigenvalue weighted by molar-refractivity contribution is -0.160. The molecule has 4 N–H and O–H groups in total. The molecule has 5 bridgehead atoms. The number of hydrogen-bond acceptors (Lipinski definition) is 17. The zero-order valence-corrected chi connectivity index (χ0v) is 41.9. The number of methoxy groups -OCH3 is 1. The Morgan fingerprint density at radius 2 is 1.65 bits per heavy atom. The molecule has 0 saturated carbocycles. The van der Waals surface area contributed by atoms with E-state index in [1.807, 2.05) is 18.2 Å². The second-order valence-corrected chi connectivity index (χ2v) is 19.2. The Kier molecular flexibility index (Phi) is 15.9. The third-order valence-electron chi connectivity index (χ3n) is 13.8. The second kappa shape index (κ2) is 21.5. The van der Waals surface area contributed by atoms with E-state index in [2.05, 4.69) is 20.5 Å².